The van der Waals surface area contributed by atoms with E-state index < -0.39 is 5.91 Å². The number of aromatic nitrogens is 1. The van der Waals surface area contributed by atoms with Crippen molar-refractivity contribution in [2.75, 3.05) is 5.06 Å². The van der Waals surface area contributed by atoms with Crippen LogP contribution in [-0.2, 0) is 4.79 Å². The van der Waals surface area contributed by atoms with Crippen molar-refractivity contribution in [3.05, 3.63) is 41.7 Å². The number of hydrogen-bond acceptors (Lipinski definition) is 3. The number of hydroxylamine groups is 1. The van der Waals surface area contributed by atoms with Gasteiger partial charge in [-0.1, -0.05) is 18.2 Å². The predicted octanol–water partition coefficient (Wildman–Crippen LogP) is 2.09. The minimum atomic E-state index is -0.549. The molecule has 0 radical (unpaired) electrons. The summed E-state index contributed by atoms with van der Waals surface area (Å²) in [4.78, 5) is 15.0. The third-order valence-corrected chi connectivity index (χ3v) is 2.10. The zero-order valence-electron chi connectivity index (χ0n) is 8.18. The van der Waals surface area contributed by atoms with Crippen molar-refractivity contribution in [1.29, 1.82) is 0 Å². The van der Waals surface area contributed by atoms with E-state index in [0.29, 0.717) is 5.06 Å². The quantitative estimate of drug-likeness (QED) is 0.664. The molecule has 2 rings (SSSR count). The fraction of sp³-hybridized carbons (Fsp3) is 0.0909. The van der Waals surface area contributed by atoms with Crippen LogP contribution in [0.1, 0.15) is 6.92 Å². The second-order valence-electron chi connectivity index (χ2n) is 3.20. The second-order valence-corrected chi connectivity index (χ2v) is 3.20. The SMILES string of the molecule is CC(=O)N([O-])c1cnc2ccccc2c1. The van der Waals surface area contributed by atoms with Crippen LogP contribution in [0.15, 0.2) is 36.5 Å². The van der Waals surface area contributed by atoms with Gasteiger partial charge in [0.2, 0.25) is 5.91 Å². The zero-order valence-corrected chi connectivity index (χ0v) is 8.18. The maximum absolute atomic E-state index is 11.3. The largest absolute Gasteiger partial charge is 0.752 e. The topological polar surface area (TPSA) is 56.3 Å². The van der Waals surface area contributed by atoms with E-state index in [4.69, 9.17) is 0 Å². The molecular formula is C11H9N2O2-. The van der Waals surface area contributed by atoms with Gasteiger partial charge in [0.1, 0.15) is 0 Å². The molecule has 2 aromatic rings. The molecule has 0 saturated carbocycles. The van der Waals surface area contributed by atoms with E-state index in [1.165, 1.54) is 13.1 Å². The van der Waals surface area contributed by atoms with E-state index in [2.05, 4.69) is 4.98 Å². The number of nitrogens with zero attached hydrogens (tertiary/aromatic N) is 2. The average Bonchev–Trinajstić information content (AvgIpc) is 2.27. The van der Waals surface area contributed by atoms with Gasteiger partial charge in [-0.05, 0) is 12.1 Å². The first-order valence-corrected chi connectivity index (χ1v) is 4.51. The Kier molecular flexibility index (Phi) is 2.35. The highest BCUT2D eigenvalue weighted by molar-refractivity contribution is 5.94. The standard InChI is InChI=1S/C11H9N2O2/c1-8(14)13(15)10-6-9-4-2-3-5-11(9)12-7-10/h2-7H,1H3/q-1. The van der Waals surface area contributed by atoms with Gasteiger partial charge < -0.3 is 10.3 Å². The number of para-hydroxylation sites is 1. The Bertz CT molecular complexity index is 511. The summed E-state index contributed by atoms with van der Waals surface area (Å²) in [5, 5.41) is 12.5. The number of pyridine rings is 1. The Hall–Kier alpha value is -1.94. The molecule has 15 heavy (non-hydrogen) atoms. The molecular weight excluding hydrogens is 192 g/mol. The van der Waals surface area contributed by atoms with Crippen molar-refractivity contribution in [2.45, 2.75) is 6.92 Å². The fourth-order valence-corrected chi connectivity index (χ4v) is 1.35. The highest BCUT2D eigenvalue weighted by Crippen LogP contribution is 2.18. The van der Waals surface area contributed by atoms with Crippen LogP contribution in [0, 0.1) is 5.21 Å². The molecule has 4 heteroatoms. The van der Waals surface area contributed by atoms with Gasteiger partial charge in [0.15, 0.2) is 0 Å². The third-order valence-electron chi connectivity index (χ3n) is 2.10. The summed E-state index contributed by atoms with van der Waals surface area (Å²) < 4.78 is 0. The molecule has 4 nitrogen and oxygen atoms in total. The number of hydrogen-bond donors (Lipinski definition) is 0. The van der Waals surface area contributed by atoms with E-state index in [9.17, 15) is 10.0 Å². The number of benzene rings is 1. The van der Waals surface area contributed by atoms with Crippen molar-refractivity contribution in [2.24, 2.45) is 0 Å². The Labute approximate surface area is 86.7 Å². The molecule has 76 valence electrons. The Morgan fingerprint density at radius 2 is 2.13 bits per heavy atom. The first-order chi connectivity index (χ1) is 7.18. The molecule has 1 amide bonds. The number of rotatable bonds is 1. The van der Waals surface area contributed by atoms with E-state index >= 15 is 0 Å². The van der Waals surface area contributed by atoms with Crippen molar-refractivity contribution < 1.29 is 4.79 Å². The summed E-state index contributed by atoms with van der Waals surface area (Å²) in [5.74, 6) is -0.549. The fourth-order valence-electron chi connectivity index (χ4n) is 1.35. The van der Waals surface area contributed by atoms with Crippen LogP contribution >= 0.6 is 0 Å². The molecule has 0 aliphatic carbocycles. The van der Waals surface area contributed by atoms with Crippen LogP contribution in [0.4, 0.5) is 5.69 Å². The van der Waals surface area contributed by atoms with Gasteiger partial charge >= 0.3 is 0 Å². The first kappa shape index (κ1) is 9.61. The highest BCUT2D eigenvalue weighted by atomic mass is 16.5. The van der Waals surface area contributed by atoms with Crippen LogP contribution < -0.4 is 5.06 Å². The minimum absolute atomic E-state index is 0.265. The summed E-state index contributed by atoms with van der Waals surface area (Å²) in [6.45, 7) is 1.22. The molecule has 0 fully saturated rings. The van der Waals surface area contributed by atoms with Crippen molar-refractivity contribution in [3.63, 3.8) is 0 Å². The molecule has 0 aliphatic rings. The van der Waals surface area contributed by atoms with Gasteiger partial charge in [-0.25, -0.2) is 0 Å². The number of fused-ring (bicyclic) bond motifs is 1. The van der Waals surface area contributed by atoms with Crippen molar-refractivity contribution in [3.8, 4) is 0 Å². The monoisotopic (exact) mass is 201 g/mol. The van der Waals surface area contributed by atoms with Crippen molar-refractivity contribution in [1.82, 2.24) is 4.98 Å². The molecule has 0 saturated heterocycles. The lowest BCUT2D eigenvalue weighted by atomic mass is 10.2. The summed E-state index contributed by atoms with van der Waals surface area (Å²) >= 11 is 0. The lowest BCUT2D eigenvalue weighted by Gasteiger charge is -2.26. The Balaban J connectivity index is 2.51. The lowest BCUT2D eigenvalue weighted by Crippen LogP contribution is -2.20. The highest BCUT2D eigenvalue weighted by Gasteiger charge is 2.01. The molecule has 0 atom stereocenters. The van der Waals surface area contributed by atoms with Gasteiger partial charge in [-0.3, -0.25) is 9.78 Å². The number of carbonyl (C=O) groups excluding carboxylic acids is 1. The van der Waals surface area contributed by atoms with E-state index in [1.54, 1.807) is 6.07 Å². The molecule has 1 aromatic heterocycles. The smallest absolute Gasteiger partial charge is 0.213 e. The van der Waals surface area contributed by atoms with Crippen LogP contribution in [0.25, 0.3) is 10.9 Å². The average molecular weight is 201 g/mol. The predicted molar refractivity (Wildman–Crippen MR) is 58.3 cm³/mol. The number of anilines is 1. The molecule has 0 spiro atoms. The number of carbonyl (C=O) groups is 1. The maximum Gasteiger partial charge on any atom is 0.213 e. The van der Waals surface area contributed by atoms with Gasteiger partial charge in [0, 0.05) is 12.3 Å². The second kappa shape index (κ2) is 3.67. The van der Waals surface area contributed by atoms with Gasteiger partial charge in [0.25, 0.3) is 0 Å². The maximum atomic E-state index is 11.3. The molecule has 1 aromatic carbocycles. The summed E-state index contributed by atoms with van der Waals surface area (Å²) in [7, 11) is 0. The van der Waals surface area contributed by atoms with Crippen LogP contribution in [-0.4, -0.2) is 10.9 Å². The molecule has 0 unspecified atom stereocenters. The van der Waals surface area contributed by atoms with E-state index in [-0.39, 0.29) is 5.69 Å². The number of amides is 1. The molecule has 0 bridgehead atoms. The summed E-state index contributed by atoms with van der Waals surface area (Å²) in [6, 6.07) is 9.07. The molecule has 0 aliphatic heterocycles. The summed E-state index contributed by atoms with van der Waals surface area (Å²) in [5.41, 5.74) is 1.07. The van der Waals surface area contributed by atoms with E-state index in [1.807, 2.05) is 24.3 Å². The van der Waals surface area contributed by atoms with Gasteiger partial charge in [-0.2, -0.15) is 0 Å². The molecule has 1 heterocycles. The normalized spacial score (nSPS) is 10.3. The Morgan fingerprint density at radius 1 is 1.40 bits per heavy atom. The Morgan fingerprint density at radius 3 is 2.87 bits per heavy atom. The molecule has 0 N–H and O–H groups in total. The van der Waals surface area contributed by atoms with Gasteiger partial charge in [-0.15, -0.1) is 0 Å². The lowest BCUT2D eigenvalue weighted by molar-refractivity contribution is -0.116. The van der Waals surface area contributed by atoms with Crippen LogP contribution in [0.2, 0.25) is 0 Å². The third kappa shape index (κ3) is 1.80. The minimum Gasteiger partial charge on any atom is -0.752 e. The van der Waals surface area contributed by atoms with Crippen LogP contribution in [0.3, 0.4) is 0 Å². The van der Waals surface area contributed by atoms with Crippen LogP contribution in [0.5, 0.6) is 0 Å². The first-order valence-electron chi connectivity index (χ1n) is 4.51. The van der Waals surface area contributed by atoms with E-state index in [0.717, 1.165) is 10.9 Å². The summed E-state index contributed by atoms with van der Waals surface area (Å²) in [6.07, 6.45) is 1.40. The zero-order chi connectivity index (χ0) is 10.8. The van der Waals surface area contributed by atoms with Gasteiger partial charge in [0.05, 0.1) is 17.4 Å². The van der Waals surface area contributed by atoms with Crippen molar-refractivity contribution >= 4 is 22.5 Å².